The Balaban J connectivity index is 1.87. The Hall–Kier alpha value is -3.61. The standard InChI is InChI=1S/C20H19F2N7O/c1-12(30)25-17-8-15-14(10-24-17)19(28-7-6-13(9-23)11-28)27-29(15)18-5-3-4-16(26-18)20(2,21)22/h3-5,8,10,13H,6-7,11H2,1-2H3,(H,24,25,30). The number of carbonyl (C=O) groups excluding carboxylic acids is 1. The largest absolute Gasteiger partial charge is 0.353 e. The van der Waals surface area contributed by atoms with Crippen LogP contribution in [0.25, 0.3) is 16.7 Å². The second kappa shape index (κ2) is 7.33. The minimum absolute atomic E-state index is 0.1000. The minimum Gasteiger partial charge on any atom is -0.353 e. The van der Waals surface area contributed by atoms with E-state index in [2.05, 4.69) is 26.5 Å². The van der Waals surface area contributed by atoms with Crippen molar-refractivity contribution in [2.45, 2.75) is 26.2 Å². The Morgan fingerprint density at radius 2 is 2.20 bits per heavy atom. The summed E-state index contributed by atoms with van der Waals surface area (Å²) in [6.07, 6.45) is 2.30. The molecule has 3 aromatic rings. The molecule has 0 bridgehead atoms. The number of amides is 1. The molecule has 3 aromatic heterocycles. The smallest absolute Gasteiger partial charge is 0.287 e. The van der Waals surface area contributed by atoms with Gasteiger partial charge >= 0.3 is 0 Å². The summed E-state index contributed by atoms with van der Waals surface area (Å²) in [4.78, 5) is 21.8. The first-order chi connectivity index (χ1) is 14.3. The van der Waals surface area contributed by atoms with Gasteiger partial charge in [-0.05, 0) is 18.6 Å². The molecule has 0 spiro atoms. The van der Waals surface area contributed by atoms with Crippen LogP contribution < -0.4 is 10.2 Å². The summed E-state index contributed by atoms with van der Waals surface area (Å²) in [5.74, 6) is -2.34. The second-order valence-electron chi connectivity index (χ2n) is 7.33. The van der Waals surface area contributed by atoms with Crippen molar-refractivity contribution in [3.63, 3.8) is 0 Å². The van der Waals surface area contributed by atoms with Crippen molar-refractivity contribution >= 4 is 28.4 Å². The van der Waals surface area contributed by atoms with Crippen LogP contribution in [-0.4, -0.2) is 38.7 Å². The van der Waals surface area contributed by atoms with Crippen LogP contribution in [0, 0.1) is 17.2 Å². The van der Waals surface area contributed by atoms with Gasteiger partial charge in [-0.1, -0.05) is 6.07 Å². The molecule has 0 aliphatic carbocycles. The number of rotatable bonds is 4. The van der Waals surface area contributed by atoms with Gasteiger partial charge in [0, 0.05) is 39.2 Å². The summed E-state index contributed by atoms with van der Waals surface area (Å²) in [7, 11) is 0. The van der Waals surface area contributed by atoms with Crippen molar-refractivity contribution in [1.29, 1.82) is 5.26 Å². The normalized spacial score (nSPS) is 16.6. The van der Waals surface area contributed by atoms with Gasteiger partial charge in [0.15, 0.2) is 11.6 Å². The molecule has 10 heteroatoms. The number of hydrogen-bond donors (Lipinski definition) is 1. The quantitative estimate of drug-likeness (QED) is 0.708. The number of nitrogens with one attached hydrogen (secondary N) is 1. The maximum atomic E-state index is 13.8. The average molecular weight is 411 g/mol. The van der Waals surface area contributed by atoms with E-state index in [4.69, 9.17) is 0 Å². The van der Waals surface area contributed by atoms with E-state index in [1.165, 1.54) is 23.7 Å². The van der Waals surface area contributed by atoms with Crippen LogP contribution in [-0.2, 0) is 10.7 Å². The number of fused-ring (bicyclic) bond motifs is 1. The molecule has 0 radical (unpaired) electrons. The second-order valence-corrected chi connectivity index (χ2v) is 7.33. The number of alkyl halides is 2. The summed E-state index contributed by atoms with van der Waals surface area (Å²) in [5.41, 5.74) is 0.195. The van der Waals surface area contributed by atoms with Gasteiger partial charge in [0.05, 0.1) is 22.9 Å². The lowest BCUT2D eigenvalue weighted by Crippen LogP contribution is -2.20. The van der Waals surface area contributed by atoms with Gasteiger partial charge in [-0.25, -0.2) is 14.6 Å². The highest BCUT2D eigenvalue weighted by Crippen LogP contribution is 2.33. The molecule has 1 saturated heterocycles. The first-order valence-electron chi connectivity index (χ1n) is 9.43. The van der Waals surface area contributed by atoms with Gasteiger partial charge in [-0.2, -0.15) is 14.0 Å². The first kappa shape index (κ1) is 19.7. The van der Waals surface area contributed by atoms with Crippen LogP contribution in [0.3, 0.4) is 0 Å². The molecular formula is C20H19F2N7O. The molecular weight excluding hydrogens is 392 g/mol. The summed E-state index contributed by atoms with van der Waals surface area (Å²) in [5, 5.41) is 17.1. The molecule has 1 N–H and O–H groups in total. The monoisotopic (exact) mass is 411 g/mol. The Morgan fingerprint density at radius 3 is 2.87 bits per heavy atom. The summed E-state index contributed by atoms with van der Waals surface area (Å²) < 4.78 is 29.1. The summed E-state index contributed by atoms with van der Waals surface area (Å²) in [6.45, 7) is 3.33. The lowest BCUT2D eigenvalue weighted by molar-refractivity contribution is -0.114. The predicted octanol–water partition coefficient (Wildman–Crippen LogP) is 3.24. The van der Waals surface area contributed by atoms with Gasteiger partial charge in [-0.3, -0.25) is 4.79 Å². The number of nitrogens with zero attached hydrogens (tertiary/aromatic N) is 6. The average Bonchev–Trinajstić information content (AvgIpc) is 3.31. The third kappa shape index (κ3) is 3.66. The highest BCUT2D eigenvalue weighted by atomic mass is 19.3. The Labute approximate surface area is 171 Å². The van der Waals surface area contributed by atoms with E-state index < -0.39 is 5.92 Å². The molecule has 1 aliphatic rings. The molecule has 1 amide bonds. The fraction of sp³-hybridized carbons (Fsp3) is 0.350. The Bertz CT molecular complexity index is 1160. The van der Waals surface area contributed by atoms with Crippen LogP contribution in [0.15, 0.2) is 30.5 Å². The van der Waals surface area contributed by atoms with Crippen molar-refractivity contribution in [2.75, 3.05) is 23.3 Å². The number of halogens is 2. The molecule has 8 nitrogen and oxygen atoms in total. The maximum absolute atomic E-state index is 13.8. The fourth-order valence-corrected chi connectivity index (χ4v) is 3.50. The van der Waals surface area contributed by atoms with Crippen molar-refractivity contribution in [3.05, 3.63) is 36.2 Å². The molecule has 1 fully saturated rings. The number of carbonyl (C=O) groups is 1. The lowest BCUT2D eigenvalue weighted by atomic mass is 10.1. The first-order valence-corrected chi connectivity index (χ1v) is 9.43. The third-order valence-corrected chi connectivity index (χ3v) is 4.92. The van der Waals surface area contributed by atoms with Gasteiger partial charge in [0.25, 0.3) is 5.92 Å². The van der Waals surface area contributed by atoms with E-state index in [-0.39, 0.29) is 23.3 Å². The zero-order valence-corrected chi connectivity index (χ0v) is 16.4. The van der Waals surface area contributed by atoms with E-state index in [0.717, 1.165) is 13.3 Å². The van der Waals surface area contributed by atoms with Crippen molar-refractivity contribution in [3.8, 4) is 11.9 Å². The lowest BCUT2D eigenvalue weighted by Gasteiger charge is -2.14. The van der Waals surface area contributed by atoms with Crippen LogP contribution >= 0.6 is 0 Å². The van der Waals surface area contributed by atoms with E-state index in [1.807, 2.05) is 4.90 Å². The topological polar surface area (TPSA) is 99.7 Å². The van der Waals surface area contributed by atoms with Gasteiger partial charge in [0.2, 0.25) is 5.91 Å². The highest BCUT2D eigenvalue weighted by molar-refractivity contribution is 5.95. The third-order valence-electron chi connectivity index (χ3n) is 4.92. The predicted molar refractivity (Wildman–Crippen MR) is 106 cm³/mol. The zero-order chi connectivity index (χ0) is 21.5. The molecule has 4 rings (SSSR count). The Morgan fingerprint density at radius 1 is 1.40 bits per heavy atom. The maximum Gasteiger partial charge on any atom is 0.287 e. The van der Waals surface area contributed by atoms with E-state index >= 15 is 0 Å². The number of hydrogen-bond acceptors (Lipinski definition) is 6. The molecule has 0 saturated carbocycles. The van der Waals surface area contributed by atoms with E-state index in [0.29, 0.717) is 35.6 Å². The van der Waals surface area contributed by atoms with Crippen LogP contribution in [0.5, 0.6) is 0 Å². The minimum atomic E-state index is -3.10. The summed E-state index contributed by atoms with van der Waals surface area (Å²) in [6, 6.07) is 8.25. The van der Waals surface area contributed by atoms with Crippen molar-refractivity contribution < 1.29 is 13.6 Å². The zero-order valence-electron chi connectivity index (χ0n) is 16.4. The Kier molecular flexibility index (Phi) is 4.81. The van der Waals surface area contributed by atoms with Gasteiger partial charge in [0.1, 0.15) is 11.5 Å². The molecule has 1 atom stereocenters. The van der Waals surface area contributed by atoms with Crippen LogP contribution in [0.2, 0.25) is 0 Å². The molecule has 1 aliphatic heterocycles. The molecule has 4 heterocycles. The number of anilines is 2. The van der Waals surface area contributed by atoms with E-state index in [1.54, 1.807) is 18.3 Å². The fourth-order valence-electron chi connectivity index (χ4n) is 3.50. The number of nitriles is 1. The molecule has 0 aromatic carbocycles. The van der Waals surface area contributed by atoms with E-state index in [9.17, 15) is 18.8 Å². The molecule has 1 unspecified atom stereocenters. The summed E-state index contributed by atoms with van der Waals surface area (Å²) >= 11 is 0. The van der Waals surface area contributed by atoms with Crippen LogP contribution in [0.4, 0.5) is 20.4 Å². The number of pyridine rings is 2. The number of aromatic nitrogens is 4. The van der Waals surface area contributed by atoms with Crippen molar-refractivity contribution in [1.82, 2.24) is 19.7 Å². The SMILES string of the molecule is CC(=O)Nc1cc2c(cn1)c(N1CCC(C#N)C1)nn2-c1cccc(C(C)(F)F)n1. The van der Waals surface area contributed by atoms with Crippen LogP contribution in [0.1, 0.15) is 26.0 Å². The van der Waals surface area contributed by atoms with Gasteiger partial charge < -0.3 is 10.2 Å². The van der Waals surface area contributed by atoms with Gasteiger partial charge in [-0.15, -0.1) is 5.10 Å². The highest BCUT2D eigenvalue weighted by Gasteiger charge is 2.29. The molecule has 30 heavy (non-hydrogen) atoms. The van der Waals surface area contributed by atoms with Crippen molar-refractivity contribution in [2.24, 2.45) is 5.92 Å². The molecule has 154 valence electrons.